The van der Waals surface area contributed by atoms with E-state index in [1.165, 1.54) is 25.7 Å². The van der Waals surface area contributed by atoms with Crippen LogP contribution >= 0.6 is 24.0 Å². The first-order valence-electron chi connectivity index (χ1n) is 6.22. The maximum absolute atomic E-state index is 5.84. The smallest absolute Gasteiger partial charge is 0.189 e. The molecule has 0 bridgehead atoms. The first-order chi connectivity index (χ1) is 8.29. The number of nitrogens with one attached hydrogen (secondary N) is 1. The second kappa shape index (κ2) is 7.55. The molecule has 6 nitrogen and oxygen atoms in total. The van der Waals surface area contributed by atoms with Gasteiger partial charge in [-0.25, -0.2) is 14.7 Å². The molecule has 1 aromatic rings. The summed E-state index contributed by atoms with van der Waals surface area (Å²) in [6.45, 7) is 3.32. The highest BCUT2D eigenvalue weighted by atomic mass is 127. The van der Waals surface area contributed by atoms with Crippen LogP contribution in [0.3, 0.4) is 0 Å². The van der Waals surface area contributed by atoms with E-state index in [4.69, 9.17) is 5.73 Å². The molecule has 1 aliphatic rings. The van der Waals surface area contributed by atoms with E-state index in [0.29, 0.717) is 18.5 Å². The molecule has 0 spiro atoms. The minimum Gasteiger partial charge on any atom is -0.370 e. The standard InChI is InChI=1S/C11H20N6.HI/c1-2-17-10(14-8-15-17)7-13-11(12)16-9-5-3-4-6-9;/h8-9H,2-7H2,1H3,(H3,12,13,16);1H. The Morgan fingerprint density at radius 2 is 2.28 bits per heavy atom. The van der Waals surface area contributed by atoms with Crippen molar-refractivity contribution < 1.29 is 0 Å². The molecule has 7 heteroatoms. The van der Waals surface area contributed by atoms with Crippen LogP contribution in [0.5, 0.6) is 0 Å². The van der Waals surface area contributed by atoms with Crippen LogP contribution in [0.4, 0.5) is 0 Å². The molecule has 3 N–H and O–H groups in total. The molecule has 102 valence electrons. The lowest BCUT2D eigenvalue weighted by Crippen LogP contribution is -2.38. The van der Waals surface area contributed by atoms with Crippen molar-refractivity contribution in [3.63, 3.8) is 0 Å². The van der Waals surface area contributed by atoms with Crippen molar-refractivity contribution in [3.05, 3.63) is 12.2 Å². The van der Waals surface area contributed by atoms with E-state index in [1.54, 1.807) is 6.33 Å². The molecule has 0 aromatic carbocycles. The number of nitrogens with zero attached hydrogens (tertiary/aromatic N) is 4. The SMILES string of the molecule is CCn1ncnc1CN=C(N)NC1CCCC1.I. The third kappa shape index (κ3) is 4.11. The fraction of sp³-hybridized carbons (Fsp3) is 0.727. The van der Waals surface area contributed by atoms with E-state index < -0.39 is 0 Å². The summed E-state index contributed by atoms with van der Waals surface area (Å²) in [5.74, 6) is 1.37. The summed E-state index contributed by atoms with van der Waals surface area (Å²) in [6.07, 6.45) is 6.52. The summed E-state index contributed by atoms with van der Waals surface area (Å²) in [7, 11) is 0. The predicted molar refractivity (Wildman–Crippen MR) is 81.8 cm³/mol. The van der Waals surface area contributed by atoms with Crippen LogP contribution in [0.15, 0.2) is 11.3 Å². The van der Waals surface area contributed by atoms with Gasteiger partial charge in [-0.2, -0.15) is 5.10 Å². The number of aromatic nitrogens is 3. The molecule has 0 radical (unpaired) electrons. The number of aryl methyl sites for hydroxylation is 1. The Kier molecular flexibility index (Phi) is 6.37. The van der Waals surface area contributed by atoms with Gasteiger partial charge < -0.3 is 11.1 Å². The van der Waals surface area contributed by atoms with Gasteiger partial charge in [-0.3, -0.25) is 0 Å². The van der Waals surface area contributed by atoms with Gasteiger partial charge in [0.15, 0.2) is 5.96 Å². The molecule has 0 atom stereocenters. The normalized spacial score (nSPS) is 16.6. The maximum Gasteiger partial charge on any atom is 0.189 e. The van der Waals surface area contributed by atoms with Crippen molar-refractivity contribution in [1.82, 2.24) is 20.1 Å². The number of hydrogen-bond acceptors (Lipinski definition) is 3. The molecule has 2 rings (SSSR count). The molecule has 0 amide bonds. The van der Waals surface area contributed by atoms with Crippen LogP contribution < -0.4 is 11.1 Å². The lowest BCUT2D eigenvalue weighted by atomic mass is 10.2. The second-order valence-electron chi connectivity index (χ2n) is 4.32. The zero-order chi connectivity index (χ0) is 12.1. The van der Waals surface area contributed by atoms with Crippen molar-refractivity contribution in [2.75, 3.05) is 0 Å². The van der Waals surface area contributed by atoms with Crippen molar-refractivity contribution in [1.29, 1.82) is 0 Å². The molecular weight excluding hydrogens is 343 g/mol. The molecule has 18 heavy (non-hydrogen) atoms. The van der Waals surface area contributed by atoms with Gasteiger partial charge in [0.25, 0.3) is 0 Å². The third-order valence-electron chi connectivity index (χ3n) is 3.09. The molecule has 1 aliphatic carbocycles. The minimum atomic E-state index is 0. The van der Waals surface area contributed by atoms with E-state index in [2.05, 4.69) is 20.4 Å². The van der Waals surface area contributed by atoms with Gasteiger partial charge in [0, 0.05) is 12.6 Å². The molecule has 0 saturated heterocycles. The first-order valence-corrected chi connectivity index (χ1v) is 6.22. The highest BCUT2D eigenvalue weighted by Gasteiger charge is 2.14. The lowest BCUT2D eigenvalue weighted by molar-refractivity contribution is 0.608. The lowest BCUT2D eigenvalue weighted by Gasteiger charge is -2.12. The number of nitrogens with two attached hydrogens (primary N) is 1. The van der Waals surface area contributed by atoms with Gasteiger partial charge in [0.05, 0.1) is 0 Å². The van der Waals surface area contributed by atoms with E-state index in [0.717, 1.165) is 12.4 Å². The Labute approximate surface area is 124 Å². The Morgan fingerprint density at radius 3 is 2.94 bits per heavy atom. The number of rotatable bonds is 4. The Hall–Kier alpha value is -0.860. The summed E-state index contributed by atoms with van der Waals surface area (Å²) < 4.78 is 1.83. The third-order valence-corrected chi connectivity index (χ3v) is 3.09. The van der Waals surface area contributed by atoms with Gasteiger partial charge in [-0.05, 0) is 19.8 Å². The van der Waals surface area contributed by atoms with Crippen LogP contribution in [-0.4, -0.2) is 26.8 Å². The molecule has 0 aliphatic heterocycles. The van der Waals surface area contributed by atoms with E-state index in [1.807, 2.05) is 11.6 Å². The largest absolute Gasteiger partial charge is 0.370 e. The quantitative estimate of drug-likeness (QED) is 0.479. The van der Waals surface area contributed by atoms with Crippen LogP contribution in [0.25, 0.3) is 0 Å². The van der Waals surface area contributed by atoms with Crippen LogP contribution in [-0.2, 0) is 13.1 Å². The van der Waals surface area contributed by atoms with Crippen LogP contribution in [0.1, 0.15) is 38.4 Å². The van der Waals surface area contributed by atoms with Crippen LogP contribution in [0.2, 0.25) is 0 Å². The summed E-state index contributed by atoms with van der Waals surface area (Å²) in [5, 5.41) is 7.34. The summed E-state index contributed by atoms with van der Waals surface area (Å²) in [4.78, 5) is 8.45. The topological polar surface area (TPSA) is 81.1 Å². The molecule has 1 heterocycles. The average Bonchev–Trinajstić information content (AvgIpc) is 2.96. The monoisotopic (exact) mass is 364 g/mol. The van der Waals surface area contributed by atoms with Gasteiger partial charge in [0.2, 0.25) is 0 Å². The van der Waals surface area contributed by atoms with Gasteiger partial charge >= 0.3 is 0 Å². The predicted octanol–water partition coefficient (Wildman–Crippen LogP) is 1.26. The first kappa shape index (κ1) is 15.2. The molecule has 1 fully saturated rings. The number of aliphatic imine (C=N–C) groups is 1. The van der Waals surface area contributed by atoms with E-state index in [-0.39, 0.29) is 24.0 Å². The Bertz CT molecular complexity index is 383. The maximum atomic E-state index is 5.84. The fourth-order valence-corrected chi connectivity index (χ4v) is 2.16. The Morgan fingerprint density at radius 1 is 1.56 bits per heavy atom. The van der Waals surface area contributed by atoms with Gasteiger partial charge in [-0.1, -0.05) is 12.8 Å². The number of hydrogen-bond donors (Lipinski definition) is 2. The van der Waals surface area contributed by atoms with E-state index >= 15 is 0 Å². The summed E-state index contributed by atoms with van der Waals surface area (Å²) in [5.41, 5.74) is 5.84. The molecule has 1 saturated carbocycles. The highest BCUT2D eigenvalue weighted by Crippen LogP contribution is 2.17. The fourth-order valence-electron chi connectivity index (χ4n) is 2.16. The summed E-state index contributed by atoms with van der Waals surface area (Å²) in [6, 6.07) is 0.503. The Balaban J connectivity index is 0.00000162. The molecule has 0 unspecified atom stereocenters. The summed E-state index contributed by atoms with van der Waals surface area (Å²) >= 11 is 0. The molecular formula is C11H21IN6. The van der Waals surface area contributed by atoms with Crippen molar-refractivity contribution in [2.24, 2.45) is 10.7 Å². The highest BCUT2D eigenvalue weighted by molar-refractivity contribution is 14.0. The van der Waals surface area contributed by atoms with E-state index in [9.17, 15) is 0 Å². The number of halogens is 1. The minimum absolute atomic E-state index is 0. The average molecular weight is 364 g/mol. The van der Waals surface area contributed by atoms with Crippen LogP contribution in [0, 0.1) is 0 Å². The molecule has 1 aromatic heterocycles. The number of guanidine groups is 1. The van der Waals surface area contributed by atoms with Crippen molar-refractivity contribution >= 4 is 29.9 Å². The zero-order valence-electron chi connectivity index (χ0n) is 10.7. The second-order valence-corrected chi connectivity index (χ2v) is 4.32. The van der Waals surface area contributed by atoms with Crippen molar-refractivity contribution in [2.45, 2.75) is 51.7 Å². The van der Waals surface area contributed by atoms with Gasteiger partial charge in [0.1, 0.15) is 18.7 Å². The van der Waals surface area contributed by atoms with Crippen molar-refractivity contribution in [3.8, 4) is 0 Å². The zero-order valence-corrected chi connectivity index (χ0v) is 13.0. The van der Waals surface area contributed by atoms with Gasteiger partial charge in [-0.15, -0.1) is 24.0 Å².